The molecule has 1 saturated carbocycles. The number of imide groups is 2. The van der Waals surface area contributed by atoms with Crippen LogP contribution in [0.3, 0.4) is 0 Å². The van der Waals surface area contributed by atoms with E-state index in [1.807, 2.05) is 50.3 Å². The summed E-state index contributed by atoms with van der Waals surface area (Å²) in [4.78, 5) is 75.6. The summed E-state index contributed by atoms with van der Waals surface area (Å²) in [6.07, 6.45) is 2.49. The van der Waals surface area contributed by atoms with Gasteiger partial charge in [0.05, 0.1) is 33.7 Å². The number of aromatic hydroxyl groups is 1. The van der Waals surface area contributed by atoms with Gasteiger partial charge in [-0.1, -0.05) is 65.7 Å². The van der Waals surface area contributed by atoms with Gasteiger partial charge in [0, 0.05) is 39.9 Å². The number of aromatic nitrogens is 2. The van der Waals surface area contributed by atoms with Crippen molar-refractivity contribution in [2.24, 2.45) is 36.1 Å². The van der Waals surface area contributed by atoms with Gasteiger partial charge in [-0.25, -0.2) is 4.90 Å². The van der Waals surface area contributed by atoms with Gasteiger partial charge in [-0.3, -0.25) is 33.6 Å². The quantitative estimate of drug-likeness (QED) is 0.101. The third-order valence-corrected chi connectivity index (χ3v) is 15.0. The van der Waals surface area contributed by atoms with Crippen LogP contribution in [0.4, 0.5) is 11.5 Å². The number of thiophene rings is 1. The Morgan fingerprint density at radius 2 is 1.58 bits per heavy atom. The van der Waals surface area contributed by atoms with E-state index < -0.39 is 35.0 Å². The molecule has 2 aromatic heterocycles. The molecule has 0 unspecified atom stereocenters. The highest BCUT2D eigenvalue weighted by atomic mass is 35.5. The molecular weight excluding hydrogens is 796 g/mol. The van der Waals surface area contributed by atoms with Crippen LogP contribution in [-0.2, 0) is 26.2 Å². The average molecular weight is 835 g/mol. The standard InChI is InChI=1S/C48H39ClN4O6S/c1-24-20-28(12-18-37(24)54)41-31-16-17-32-40(46(58)52(44(32)56)30-14-10-27(11-15-30)42(55)26-8-6-5-7-9-26)34(31)22-35-45(57)53(47(59)48(35,41)3)39-23-36(50-51(39)4)43-25(2)33-21-29(49)13-19-38(33)60-43/h5-16,18-21,23,32,34-35,40-41,54H,17,22H2,1-4H3/t32-,34+,35-,40-,41-,48+/m0/s1. The second-order valence-corrected chi connectivity index (χ2v) is 18.2. The average Bonchev–Trinajstić information content (AvgIpc) is 3.92. The molecule has 6 aromatic rings. The summed E-state index contributed by atoms with van der Waals surface area (Å²) >= 11 is 7.90. The van der Waals surface area contributed by atoms with E-state index in [9.17, 15) is 24.3 Å². The van der Waals surface area contributed by atoms with E-state index in [0.717, 1.165) is 31.7 Å². The largest absolute Gasteiger partial charge is 0.508 e. The molecule has 12 heteroatoms. The van der Waals surface area contributed by atoms with Gasteiger partial charge in [-0.2, -0.15) is 5.10 Å². The maximum absolute atomic E-state index is 15.2. The zero-order chi connectivity index (χ0) is 41.9. The van der Waals surface area contributed by atoms with E-state index in [4.69, 9.17) is 16.7 Å². The summed E-state index contributed by atoms with van der Waals surface area (Å²) in [5.74, 6) is -4.59. The summed E-state index contributed by atoms with van der Waals surface area (Å²) in [6, 6.07) is 28.2. The molecule has 4 aromatic carbocycles. The van der Waals surface area contributed by atoms with Crippen LogP contribution in [-0.4, -0.2) is 44.3 Å². The van der Waals surface area contributed by atoms with Crippen LogP contribution < -0.4 is 9.80 Å². The van der Waals surface area contributed by atoms with Gasteiger partial charge < -0.3 is 5.11 Å². The number of hydrogen-bond donors (Lipinski definition) is 1. The van der Waals surface area contributed by atoms with Crippen molar-refractivity contribution in [3.63, 3.8) is 0 Å². The molecule has 300 valence electrons. The van der Waals surface area contributed by atoms with Crippen molar-refractivity contribution in [1.82, 2.24) is 9.78 Å². The normalized spacial score (nSPS) is 24.8. The zero-order valence-corrected chi connectivity index (χ0v) is 34.8. The first-order chi connectivity index (χ1) is 28.8. The Labute approximate surface area is 354 Å². The molecule has 2 saturated heterocycles. The number of hydrogen-bond acceptors (Lipinski definition) is 8. The summed E-state index contributed by atoms with van der Waals surface area (Å²) in [5.41, 5.74) is 3.90. The van der Waals surface area contributed by atoms with E-state index in [1.54, 1.807) is 96.7 Å². The second-order valence-electron chi connectivity index (χ2n) is 16.7. The van der Waals surface area contributed by atoms with Gasteiger partial charge in [0.1, 0.15) is 17.3 Å². The molecule has 6 atom stereocenters. The van der Waals surface area contributed by atoms with Crippen molar-refractivity contribution in [3.05, 3.63) is 142 Å². The Balaban J connectivity index is 1.03. The smallest absolute Gasteiger partial charge is 0.242 e. The number of anilines is 2. The first kappa shape index (κ1) is 38.1. The van der Waals surface area contributed by atoms with Crippen LogP contribution in [0.5, 0.6) is 5.75 Å². The van der Waals surface area contributed by atoms with E-state index >= 15 is 4.79 Å². The first-order valence-corrected chi connectivity index (χ1v) is 21.2. The lowest BCUT2D eigenvalue weighted by Gasteiger charge is -2.49. The minimum absolute atomic E-state index is 0.103. The predicted octanol–water partition coefficient (Wildman–Crippen LogP) is 8.94. The third kappa shape index (κ3) is 5.44. The molecule has 1 N–H and O–H groups in total. The SMILES string of the molecule is Cc1cc([C@H]2C3=CC[C@@H]4C(=O)N(c5ccc(C(=O)c6ccccc6)cc5)C(=O)[C@@H]4[C@@H]3C[C@H]3C(=O)N(c4cc(-c5sc6ccc(Cl)cc6c5C)nn4C)C(=O)[C@@]23C)ccc1O. The van der Waals surface area contributed by atoms with Crippen LogP contribution in [0.25, 0.3) is 20.7 Å². The third-order valence-electron chi connectivity index (χ3n) is 13.5. The Bertz CT molecular complexity index is 2900. The molecule has 2 aliphatic carbocycles. The van der Waals surface area contributed by atoms with Gasteiger partial charge in [0.15, 0.2) is 5.78 Å². The maximum Gasteiger partial charge on any atom is 0.242 e. The minimum Gasteiger partial charge on any atom is -0.508 e. The fraction of sp³-hybridized carbons (Fsp3) is 0.250. The molecule has 0 bridgehead atoms. The van der Waals surface area contributed by atoms with Crippen LogP contribution in [0.15, 0.2) is 109 Å². The lowest BCUT2D eigenvalue weighted by Crippen LogP contribution is -2.49. The molecule has 10 nitrogen and oxygen atoms in total. The Kier molecular flexibility index (Phi) is 8.68. The highest BCUT2D eigenvalue weighted by Crippen LogP contribution is 2.64. The number of carbonyl (C=O) groups excluding carboxylic acids is 5. The Morgan fingerprint density at radius 3 is 2.32 bits per heavy atom. The van der Waals surface area contributed by atoms with Gasteiger partial charge in [0.25, 0.3) is 0 Å². The van der Waals surface area contributed by atoms with E-state index in [2.05, 4.69) is 0 Å². The number of rotatable bonds is 6. The summed E-state index contributed by atoms with van der Waals surface area (Å²) in [7, 11) is 1.72. The lowest BCUT2D eigenvalue weighted by atomic mass is 9.51. The van der Waals surface area contributed by atoms with Crippen LogP contribution in [0, 0.1) is 42.9 Å². The maximum atomic E-state index is 15.2. The monoisotopic (exact) mass is 834 g/mol. The van der Waals surface area contributed by atoms with Crippen LogP contribution in [0.1, 0.15) is 58.3 Å². The summed E-state index contributed by atoms with van der Waals surface area (Å²) in [6.45, 7) is 5.64. The number of phenols is 1. The highest BCUT2D eigenvalue weighted by Gasteiger charge is 2.68. The first-order valence-electron chi connectivity index (χ1n) is 20.0. The van der Waals surface area contributed by atoms with E-state index in [-0.39, 0.29) is 48.0 Å². The number of aryl methyl sites for hydroxylation is 3. The van der Waals surface area contributed by atoms with Crippen molar-refractivity contribution in [3.8, 4) is 16.3 Å². The van der Waals surface area contributed by atoms with Crippen molar-refractivity contribution in [2.75, 3.05) is 9.80 Å². The number of allylic oxidation sites excluding steroid dienone is 2. The minimum atomic E-state index is -1.27. The molecule has 0 spiro atoms. The molecule has 4 aliphatic rings. The number of fused-ring (bicyclic) bond motifs is 5. The lowest BCUT2D eigenvalue weighted by molar-refractivity contribution is -0.131. The fourth-order valence-electron chi connectivity index (χ4n) is 10.5. The van der Waals surface area contributed by atoms with Crippen LogP contribution >= 0.6 is 22.9 Å². The Hall–Kier alpha value is -6.17. The van der Waals surface area contributed by atoms with Crippen molar-refractivity contribution in [1.29, 1.82) is 0 Å². The number of ketones is 1. The van der Waals surface area contributed by atoms with E-state index in [1.165, 1.54) is 9.80 Å². The van der Waals surface area contributed by atoms with Crippen molar-refractivity contribution >= 4 is 73.9 Å². The van der Waals surface area contributed by atoms with Gasteiger partial charge in [0.2, 0.25) is 23.6 Å². The highest BCUT2D eigenvalue weighted by molar-refractivity contribution is 7.22. The van der Waals surface area contributed by atoms with Gasteiger partial charge in [-0.15, -0.1) is 11.3 Å². The fourth-order valence-corrected chi connectivity index (χ4v) is 11.8. The van der Waals surface area contributed by atoms with E-state index in [0.29, 0.717) is 38.9 Å². The number of nitrogens with zero attached hydrogens (tertiary/aromatic N) is 4. The number of halogens is 1. The molecule has 60 heavy (non-hydrogen) atoms. The molecule has 3 fully saturated rings. The van der Waals surface area contributed by atoms with Gasteiger partial charge in [-0.05, 0) is 110 Å². The number of phenolic OH excluding ortho intramolecular Hbond substituents is 1. The number of carbonyl (C=O) groups is 5. The Morgan fingerprint density at radius 1 is 0.850 bits per heavy atom. The number of amides is 4. The molecule has 4 heterocycles. The molecular formula is C48H39ClN4O6S. The second kappa shape index (κ2) is 13.7. The molecule has 10 rings (SSSR count). The topological polar surface area (TPSA) is 130 Å². The number of benzene rings is 4. The van der Waals surface area contributed by atoms with Gasteiger partial charge >= 0.3 is 0 Å². The molecule has 4 amide bonds. The van der Waals surface area contributed by atoms with Crippen LogP contribution in [0.2, 0.25) is 5.02 Å². The van der Waals surface area contributed by atoms with Crippen molar-refractivity contribution < 1.29 is 29.1 Å². The molecule has 0 radical (unpaired) electrons. The zero-order valence-electron chi connectivity index (χ0n) is 33.2. The summed E-state index contributed by atoms with van der Waals surface area (Å²) < 4.78 is 2.61. The summed E-state index contributed by atoms with van der Waals surface area (Å²) in [5, 5.41) is 17.0. The predicted molar refractivity (Wildman–Crippen MR) is 230 cm³/mol. The van der Waals surface area contributed by atoms with Crippen molar-refractivity contribution in [2.45, 2.75) is 39.5 Å². The molecule has 2 aliphatic heterocycles.